The van der Waals surface area contributed by atoms with Crippen LogP contribution in [0.5, 0.6) is 0 Å². The number of rotatable bonds is 4. The molecule has 0 aromatic heterocycles. The molecule has 1 aromatic rings. The number of benzene rings is 1. The fraction of sp³-hybridized carbons (Fsp3) is 0.556. The molecule has 0 aliphatic carbocycles. The highest BCUT2D eigenvalue weighted by Gasteiger charge is 2.13. The fourth-order valence-electron chi connectivity index (χ4n) is 2.78. The summed E-state index contributed by atoms with van der Waals surface area (Å²) in [6, 6.07) is 4.69. The van der Waals surface area contributed by atoms with Crippen molar-refractivity contribution in [2.45, 2.75) is 53.4 Å². The van der Waals surface area contributed by atoms with Crippen molar-refractivity contribution in [1.82, 2.24) is 0 Å². The van der Waals surface area contributed by atoms with E-state index in [1.165, 1.54) is 47.9 Å². The van der Waals surface area contributed by atoms with Crippen LogP contribution >= 0.6 is 0 Å². The summed E-state index contributed by atoms with van der Waals surface area (Å²) in [7, 11) is 0. The van der Waals surface area contributed by atoms with Crippen molar-refractivity contribution in [3.8, 4) is 0 Å². The van der Waals surface area contributed by atoms with Crippen LogP contribution < -0.4 is 0 Å². The third kappa shape index (κ3) is 3.86. The number of hydrogen-bond acceptors (Lipinski definition) is 1. The molecule has 1 nitrogen and oxygen atoms in total. The standard InChI is InChI=1S/C18H26O/c1-13-10-15(3)18(11-14(13)2)7-5-6-17-9-8-16(4)19-12-17/h8,10-11,17H,5-7,9,12H2,1-4H3. The summed E-state index contributed by atoms with van der Waals surface area (Å²) < 4.78 is 5.61. The molecule has 1 aliphatic rings. The quantitative estimate of drug-likeness (QED) is 0.748. The molecule has 0 spiro atoms. The second-order valence-electron chi connectivity index (χ2n) is 5.98. The van der Waals surface area contributed by atoms with Gasteiger partial charge in [-0.2, -0.15) is 0 Å². The smallest absolute Gasteiger partial charge is 0.0908 e. The molecule has 104 valence electrons. The second-order valence-corrected chi connectivity index (χ2v) is 5.98. The van der Waals surface area contributed by atoms with Crippen molar-refractivity contribution in [2.75, 3.05) is 6.61 Å². The third-order valence-electron chi connectivity index (χ3n) is 4.30. The van der Waals surface area contributed by atoms with Gasteiger partial charge in [-0.1, -0.05) is 12.1 Å². The average Bonchev–Trinajstić information content (AvgIpc) is 2.38. The van der Waals surface area contributed by atoms with Gasteiger partial charge in [-0.15, -0.1) is 0 Å². The van der Waals surface area contributed by atoms with Crippen LogP contribution in [0.25, 0.3) is 0 Å². The summed E-state index contributed by atoms with van der Waals surface area (Å²) in [5, 5.41) is 0. The van der Waals surface area contributed by atoms with E-state index < -0.39 is 0 Å². The fourth-order valence-corrected chi connectivity index (χ4v) is 2.78. The van der Waals surface area contributed by atoms with Gasteiger partial charge in [0.1, 0.15) is 0 Å². The average molecular weight is 258 g/mol. The van der Waals surface area contributed by atoms with Gasteiger partial charge in [-0.3, -0.25) is 0 Å². The Morgan fingerprint density at radius 1 is 1.05 bits per heavy atom. The monoisotopic (exact) mass is 258 g/mol. The van der Waals surface area contributed by atoms with Gasteiger partial charge in [0, 0.05) is 0 Å². The number of ether oxygens (including phenoxy) is 1. The highest BCUT2D eigenvalue weighted by atomic mass is 16.5. The summed E-state index contributed by atoms with van der Waals surface area (Å²) in [5.41, 5.74) is 5.79. The first-order valence-corrected chi connectivity index (χ1v) is 7.42. The number of hydrogen-bond donors (Lipinski definition) is 0. The Morgan fingerprint density at radius 3 is 2.47 bits per heavy atom. The molecule has 1 heterocycles. The van der Waals surface area contributed by atoms with Gasteiger partial charge in [0.2, 0.25) is 0 Å². The Labute approximate surface area is 117 Å². The molecular weight excluding hydrogens is 232 g/mol. The lowest BCUT2D eigenvalue weighted by atomic mass is 9.93. The van der Waals surface area contributed by atoms with Crippen LogP contribution in [-0.4, -0.2) is 6.61 Å². The summed E-state index contributed by atoms with van der Waals surface area (Å²) in [4.78, 5) is 0. The summed E-state index contributed by atoms with van der Waals surface area (Å²) >= 11 is 0. The maximum Gasteiger partial charge on any atom is 0.0908 e. The summed E-state index contributed by atoms with van der Waals surface area (Å²) in [6.07, 6.45) is 7.17. The Kier molecular flexibility index (Phi) is 4.68. The van der Waals surface area contributed by atoms with Crippen LogP contribution in [0.4, 0.5) is 0 Å². The van der Waals surface area contributed by atoms with Crippen molar-refractivity contribution in [1.29, 1.82) is 0 Å². The molecule has 0 radical (unpaired) electrons. The lowest BCUT2D eigenvalue weighted by molar-refractivity contribution is 0.142. The van der Waals surface area contributed by atoms with Gasteiger partial charge in [-0.25, -0.2) is 0 Å². The van der Waals surface area contributed by atoms with Crippen molar-refractivity contribution < 1.29 is 4.74 Å². The van der Waals surface area contributed by atoms with Gasteiger partial charge >= 0.3 is 0 Å². The minimum Gasteiger partial charge on any atom is -0.498 e. The van der Waals surface area contributed by atoms with E-state index in [4.69, 9.17) is 4.74 Å². The minimum absolute atomic E-state index is 0.718. The van der Waals surface area contributed by atoms with Gasteiger partial charge in [0.15, 0.2) is 0 Å². The maximum absolute atomic E-state index is 5.61. The lowest BCUT2D eigenvalue weighted by Gasteiger charge is -2.21. The molecule has 0 bridgehead atoms. The van der Waals surface area contributed by atoms with E-state index in [9.17, 15) is 0 Å². The van der Waals surface area contributed by atoms with Crippen molar-refractivity contribution in [3.63, 3.8) is 0 Å². The van der Waals surface area contributed by atoms with E-state index in [-0.39, 0.29) is 0 Å². The molecule has 0 saturated carbocycles. The zero-order valence-corrected chi connectivity index (χ0v) is 12.8. The van der Waals surface area contributed by atoms with E-state index in [0.29, 0.717) is 0 Å². The SMILES string of the molecule is CC1=CCC(CCCc2cc(C)c(C)cc2C)CO1. The molecular formula is C18H26O. The van der Waals surface area contributed by atoms with Crippen LogP contribution in [0.15, 0.2) is 24.0 Å². The number of aryl methyl sites for hydroxylation is 4. The van der Waals surface area contributed by atoms with E-state index in [0.717, 1.165) is 18.3 Å². The topological polar surface area (TPSA) is 9.23 Å². The molecule has 2 rings (SSSR count). The first kappa shape index (κ1) is 14.2. The lowest BCUT2D eigenvalue weighted by Crippen LogP contribution is -2.13. The third-order valence-corrected chi connectivity index (χ3v) is 4.30. The minimum atomic E-state index is 0.718. The van der Waals surface area contributed by atoms with Crippen molar-refractivity contribution in [2.24, 2.45) is 5.92 Å². The highest BCUT2D eigenvalue weighted by molar-refractivity contribution is 5.36. The second kappa shape index (κ2) is 6.27. The van der Waals surface area contributed by atoms with Crippen LogP contribution in [-0.2, 0) is 11.2 Å². The molecule has 0 fully saturated rings. The summed E-state index contributed by atoms with van der Waals surface area (Å²) in [5.74, 6) is 1.82. The van der Waals surface area contributed by atoms with E-state index in [1.807, 2.05) is 0 Å². The molecule has 1 atom stereocenters. The number of allylic oxidation sites excluding steroid dienone is 2. The molecule has 1 aromatic carbocycles. The molecule has 0 N–H and O–H groups in total. The first-order valence-electron chi connectivity index (χ1n) is 7.42. The van der Waals surface area contributed by atoms with E-state index in [2.05, 4.69) is 45.9 Å². The Balaban J connectivity index is 1.84. The van der Waals surface area contributed by atoms with Crippen LogP contribution in [0, 0.1) is 26.7 Å². The maximum atomic E-state index is 5.61. The Morgan fingerprint density at radius 2 is 1.79 bits per heavy atom. The molecule has 0 amide bonds. The van der Waals surface area contributed by atoms with Crippen LogP contribution in [0.1, 0.15) is 48.4 Å². The van der Waals surface area contributed by atoms with Crippen molar-refractivity contribution >= 4 is 0 Å². The zero-order valence-electron chi connectivity index (χ0n) is 12.8. The largest absolute Gasteiger partial charge is 0.498 e. The Hall–Kier alpha value is -1.24. The van der Waals surface area contributed by atoms with Gasteiger partial charge in [-0.05, 0) is 87.6 Å². The summed E-state index contributed by atoms with van der Waals surface area (Å²) in [6.45, 7) is 9.60. The predicted octanol–water partition coefficient (Wildman–Crippen LogP) is 4.87. The Bertz CT molecular complexity index is 471. The normalized spacial score (nSPS) is 18.9. The molecule has 1 unspecified atom stereocenters. The molecule has 1 aliphatic heterocycles. The predicted molar refractivity (Wildman–Crippen MR) is 81.4 cm³/mol. The van der Waals surface area contributed by atoms with Crippen LogP contribution in [0.3, 0.4) is 0 Å². The first-order chi connectivity index (χ1) is 9.06. The van der Waals surface area contributed by atoms with E-state index in [1.54, 1.807) is 0 Å². The zero-order chi connectivity index (χ0) is 13.8. The van der Waals surface area contributed by atoms with Gasteiger partial charge in [0.05, 0.1) is 12.4 Å². The van der Waals surface area contributed by atoms with Crippen molar-refractivity contribution in [3.05, 3.63) is 46.2 Å². The molecule has 0 saturated heterocycles. The van der Waals surface area contributed by atoms with Gasteiger partial charge in [0.25, 0.3) is 0 Å². The molecule has 19 heavy (non-hydrogen) atoms. The molecule has 1 heteroatoms. The van der Waals surface area contributed by atoms with E-state index >= 15 is 0 Å². The highest BCUT2D eigenvalue weighted by Crippen LogP contribution is 2.23. The van der Waals surface area contributed by atoms with Crippen LogP contribution in [0.2, 0.25) is 0 Å². The van der Waals surface area contributed by atoms with Gasteiger partial charge < -0.3 is 4.74 Å².